The molecule has 0 saturated heterocycles. The van der Waals surface area contributed by atoms with Gasteiger partial charge in [0.25, 0.3) is 0 Å². The van der Waals surface area contributed by atoms with Crippen molar-refractivity contribution in [1.82, 2.24) is 0 Å². The van der Waals surface area contributed by atoms with Crippen molar-refractivity contribution < 1.29 is 51.0 Å². The van der Waals surface area contributed by atoms with Gasteiger partial charge in [0.15, 0.2) is 0 Å². The van der Waals surface area contributed by atoms with Crippen LogP contribution in [0.15, 0.2) is 126 Å². The summed E-state index contributed by atoms with van der Waals surface area (Å²) in [6.45, 7) is 10.1. The topological polar surface area (TPSA) is 3.24 Å². The molecular weight excluding hydrogens is 613 g/mol. The van der Waals surface area contributed by atoms with Gasteiger partial charge < -0.3 is 29.7 Å². The monoisotopic (exact) mass is 644 g/mol. The normalized spacial score (nSPS) is 13.1. The molecule has 1 aliphatic heterocycles. The molecule has 0 atom stereocenters. The standard InChI is InChI=1S/C18H17.C16H17NSi.2ClH.Zr/c1-13(2)16-11-15-9-6-10-17(18(15)12-16)14-7-4-3-5-8-14;1-18(2)12-13-10-14-8-9-17(16(14)11-13)15-6-4-3-5-7-15;;;/h3-13H,1-2H3;3-8,10-12H,9H2,1-2H3;2*1H;/q-1;;;;+3/p-2. The maximum atomic E-state index is 2.42. The fourth-order valence-corrected chi connectivity index (χ4v) is 5.78. The van der Waals surface area contributed by atoms with Gasteiger partial charge in [-0.25, -0.2) is 0 Å². The summed E-state index contributed by atoms with van der Waals surface area (Å²) in [7, 11) is -0.313. The van der Waals surface area contributed by atoms with E-state index in [2.05, 4.69) is 147 Å². The molecule has 0 unspecified atom stereocenters. The first-order chi connectivity index (χ1) is 17.5. The van der Waals surface area contributed by atoms with Crippen molar-refractivity contribution in [2.45, 2.75) is 32.9 Å². The average molecular weight is 647 g/mol. The van der Waals surface area contributed by atoms with Crippen LogP contribution in [-0.4, -0.2) is 20.6 Å². The third kappa shape index (κ3) is 7.74. The van der Waals surface area contributed by atoms with Crippen LogP contribution in [0.4, 0.5) is 5.69 Å². The van der Waals surface area contributed by atoms with E-state index in [0.29, 0.717) is 5.92 Å². The van der Waals surface area contributed by atoms with Gasteiger partial charge in [-0.1, -0.05) is 98.9 Å². The van der Waals surface area contributed by atoms with Crippen molar-refractivity contribution in [1.29, 1.82) is 0 Å². The van der Waals surface area contributed by atoms with Crippen molar-refractivity contribution in [3.05, 3.63) is 132 Å². The van der Waals surface area contributed by atoms with E-state index in [1.807, 2.05) is 0 Å². The third-order valence-corrected chi connectivity index (χ3v) is 7.66. The van der Waals surface area contributed by atoms with Crippen LogP contribution in [0.5, 0.6) is 0 Å². The second-order valence-electron chi connectivity index (χ2n) is 10.1. The summed E-state index contributed by atoms with van der Waals surface area (Å²) in [5.74, 6) is 0.584. The maximum absolute atomic E-state index is 2.42. The van der Waals surface area contributed by atoms with Crippen LogP contribution in [0.3, 0.4) is 0 Å². The molecular formula is C34H34Cl2NSiZr. The molecule has 0 bridgehead atoms. The van der Waals surface area contributed by atoms with Gasteiger partial charge in [0.1, 0.15) is 0 Å². The van der Waals surface area contributed by atoms with Crippen LogP contribution in [0.25, 0.3) is 21.9 Å². The van der Waals surface area contributed by atoms with Gasteiger partial charge in [0, 0.05) is 26.3 Å². The molecule has 197 valence electrons. The number of fused-ring (bicyclic) bond motifs is 2. The number of para-hydroxylation sites is 1. The molecule has 0 amide bonds. The number of hydrogen-bond donors (Lipinski definition) is 0. The van der Waals surface area contributed by atoms with Crippen molar-refractivity contribution in [2.24, 2.45) is 0 Å². The minimum Gasteiger partial charge on any atom is -1.00 e. The molecule has 0 spiro atoms. The number of anilines is 1. The zero-order valence-corrected chi connectivity index (χ0v) is 27.9. The third-order valence-electron chi connectivity index (χ3n) is 6.75. The molecule has 0 aromatic heterocycles. The van der Waals surface area contributed by atoms with E-state index in [1.54, 1.807) is 0 Å². The van der Waals surface area contributed by atoms with Gasteiger partial charge in [-0.15, -0.1) is 34.5 Å². The molecule has 0 fully saturated rings. The molecule has 1 heterocycles. The van der Waals surface area contributed by atoms with Crippen molar-refractivity contribution in [2.75, 3.05) is 11.4 Å². The van der Waals surface area contributed by atoms with E-state index in [-0.39, 0.29) is 59.4 Å². The second kappa shape index (κ2) is 15.0. The molecule has 6 rings (SSSR count). The van der Waals surface area contributed by atoms with Gasteiger partial charge in [0.05, 0.1) is 0 Å². The predicted molar refractivity (Wildman–Crippen MR) is 161 cm³/mol. The largest absolute Gasteiger partial charge is 3.00 e. The first kappa shape index (κ1) is 33.0. The first-order valence-electron chi connectivity index (χ1n) is 12.9. The Bertz CT molecular complexity index is 1490. The first-order valence-corrected chi connectivity index (χ1v) is 15.4. The van der Waals surface area contributed by atoms with Crippen molar-refractivity contribution >= 4 is 30.5 Å². The Hall–Kier alpha value is -2.16. The fraction of sp³-hybridized carbons (Fsp3) is 0.176. The Morgan fingerprint density at radius 3 is 2.15 bits per heavy atom. The van der Waals surface area contributed by atoms with E-state index in [0.717, 1.165) is 6.54 Å². The van der Waals surface area contributed by atoms with Gasteiger partial charge >= 0.3 is 26.2 Å². The number of benzene rings is 3. The number of halogens is 2. The van der Waals surface area contributed by atoms with Crippen molar-refractivity contribution in [3.8, 4) is 11.1 Å². The quantitative estimate of drug-likeness (QED) is 0.244. The molecule has 2 aliphatic rings. The maximum Gasteiger partial charge on any atom is 3.00 e. The van der Waals surface area contributed by atoms with Gasteiger partial charge in [-0.05, 0) is 46.9 Å². The Morgan fingerprint density at radius 1 is 0.846 bits per heavy atom. The van der Waals surface area contributed by atoms with Crippen LogP contribution >= 0.6 is 0 Å². The summed E-state index contributed by atoms with van der Waals surface area (Å²) in [4.78, 5) is 2.38. The molecule has 1 aliphatic carbocycles. The number of nitrogens with zero attached hydrogens (tertiary/aromatic N) is 1. The Kier molecular flexibility index (Phi) is 12.7. The molecule has 1 nitrogen and oxygen atoms in total. The molecule has 39 heavy (non-hydrogen) atoms. The Labute approximate surface area is 266 Å². The smallest absolute Gasteiger partial charge is 1.00 e. The van der Waals surface area contributed by atoms with E-state index >= 15 is 0 Å². The van der Waals surface area contributed by atoms with Crippen LogP contribution in [-0.2, 0) is 26.2 Å². The average Bonchev–Trinajstić information content (AvgIpc) is 3.59. The van der Waals surface area contributed by atoms with E-state index in [4.69, 9.17) is 0 Å². The van der Waals surface area contributed by atoms with E-state index in [1.165, 1.54) is 50.0 Å². The summed E-state index contributed by atoms with van der Waals surface area (Å²) in [6, 6.07) is 32.4. The summed E-state index contributed by atoms with van der Waals surface area (Å²) in [6.07, 6.45) is 6.96. The molecule has 4 aromatic rings. The zero-order valence-electron chi connectivity index (χ0n) is 23.0. The zero-order chi connectivity index (χ0) is 25.1. The van der Waals surface area contributed by atoms with Crippen LogP contribution in [0, 0.1) is 0 Å². The molecule has 0 N–H and O–H groups in total. The number of hydrogen-bond acceptors (Lipinski definition) is 1. The minimum absolute atomic E-state index is 0. The Balaban J connectivity index is 0.000000254. The second-order valence-corrected chi connectivity index (χ2v) is 12.6. The van der Waals surface area contributed by atoms with Crippen LogP contribution in [0.2, 0.25) is 13.1 Å². The van der Waals surface area contributed by atoms with Gasteiger partial charge in [-0.3, -0.25) is 0 Å². The van der Waals surface area contributed by atoms with Gasteiger partial charge in [0.2, 0.25) is 0 Å². The molecule has 5 heteroatoms. The summed E-state index contributed by atoms with van der Waals surface area (Å²) in [5.41, 5.74) is 11.9. The van der Waals surface area contributed by atoms with E-state index in [9.17, 15) is 0 Å². The molecule has 0 saturated carbocycles. The Morgan fingerprint density at radius 2 is 1.51 bits per heavy atom. The fourth-order valence-electron chi connectivity index (χ4n) is 4.95. The predicted octanol–water partition coefficient (Wildman–Crippen LogP) is 2.75. The summed E-state index contributed by atoms with van der Waals surface area (Å²) < 4.78 is 0. The number of rotatable bonds is 4. The minimum atomic E-state index is -0.313. The van der Waals surface area contributed by atoms with Crippen LogP contribution < -0.4 is 29.7 Å². The van der Waals surface area contributed by atoms with Crippen molar-refractivity contribution in [3.63, 3.8) is 0 Å². The number of allylic oxidation sites excluding steroid dienone is 3. The van der Waals surface area contributed by atoms with Gasteiger partial charge in [-0.2, -0.15) is 6.07 Å². The SMILES string of the molecule is CC(C)c1cc2c(-c3ccccc3)cccc2[cH-]1.C[Si](C)=CC1=CC2=CCN(c3ccccc3)C2=C1.[Cl-].[Cl-].[Zr+3]. The summed E-state index contributed by atoms with van der Waals surface area (Å²) in [5, 5.41) is 2.72. The summed E-state index contributed by atoms with van der Waals surface area (Å²) >= 11 is 0. The van der Waals surface area contributed by atoms with Crippen LogP contribution in [0.1, 0.15) is 25.3 Å². The molecule has 1 radical (unpaired) electrons. The molecule has 4 aromatic carbocycles. The van der Waals surface area contributed by atoms with E-state index < -0.39 is 0 Å².